The Morgan fingerprint density at radius 3 is 2.29 bits per heavy atom. The van der Waals surface area contributed by atoms with Crippen LogP contribution in [-0.4, -0.2) is 65.0 Å². The third kappa shape index (κ3) is 7.28. The second-order valence-electron chi connectivity index (χ2n) is 9.27. The van der Waals surface area contributed by atoms with Crippen molar-refractivity contribution in [1.82, 2.24) is 19.8 Å². The van der Waals surface area contributed by atoms with Crippen molar-refractivity contribution in [1.29, 1.82) is 0 Å². The van der Waals surface area contributed by atoms with E-state index >= 15 is 0 Å². The van der Waals surface area contributed by atoms with E-state index in [-0.39, 0.29) is 12.2 Å². The Hall–Kier alpha value is -4.00. The van der Waals surface area contributed by atoms with Crippen LogP contribution in [0.25, 0.3) is 0 Å². The highest BCUT2D eigenvalue weighted by Gasteiger charge is 2.21. The maximum Gasteiger partial charge on any atom is 0.295 e. The lowest BCUT2D eigenvalue weighted by Gasteiger charge is -2.26. The summed E-state index contributed by atoms with van der Waals surface area (Å²) in [6.07, 6.45) is 1.69. The van der Waals surface area contributed by atoms with Crippen LogP contribution in [0.5, 0.6) is 5.75 Å². The number of carbonyl (C=O) groups excluding carboxylic acids is 1. The molecule has 2 heterocycles. The number of aryl methyl sites for hydroxylation is 1. The van der Waals surface area contributed by atoms with E-state index in [4.69, 9.17) is 4.74 Å². The highest BCUT2D eigenvalue weighted by Crippen LogP contribution is 2.24. The van der Waals surface area contributed by atoms with Crippen molar-refractivity contribution >= 4 is 5.91 Å². The summed E-state index contributed by atoms with van der Waals surface area (Å²) in [5.41, 5.74) is 3.48. The number of nitrogens with one attached hydrogen (secondary N) is 1. The number of carbonyl (C=O) groups is 1. The number of morpholine rings is 1. The van der Waals surface area contributed by atoms with Crippen molar-refractivity contribution in [3.8, 4) is 17.6 Å². The number of aromatic hydroxyl groups is 1. The van der Waals surface area contributed by atoms with Crippen LogP contribution in [-0.2, 0) is 29.5 Å². The molecule has 0 spiro atoms. The number of benzene rings is 2. The Bertz CT molecular complexity index is 1350. The highest BCUT2D eigenvalue weighted by molar-refractivity contribution is 5.77. The minimum Gasteiger partial charge on any atom is -0.502 e. The summed E-state index contributed by atoms with van der Waals surface area (Å²) in [4.78, 5) is 30.2. The van der Waals surface area contributed by atoms with Gasteiger partial charge < -0.3 is 15.2 Å². The molecule has 0 aliphatic carbocycles. The molecule has 198 valence electrons. The first kappa shape index (κ1) is 27.0. The Labute approximate surface area is 221 Å². The molecule has 1 aliphatic rings. The van der Waals surface area contributed by atoms with Crippen molar-refractivity contribution in [3.05, 3.63) is 93.2 Å². The number of rotatable bonds is 8. The van der Waals surface area contributed by atoms with Gasteiger partial charge in [-0.2, -0.15) is 0 Å². The number of alkyl halides is 1. The van der Waals surface area contributed by atoms with Gasteiger partial charge in [0, 0.05) is 50.3 Å². The van der Waals surface area contributed by atoms with Crippen LogP contribution in [0.2, 0.25) is 0 Å². The summed E-state index contributed by atoms with van der Waals surface area (Å²) >= 11 is 0. The molecule has 2 N–H and O–H groups in total. The number of aromatic nitrogens is 2. The molecule has 0 bridgehead atoms. The maximum atomic E-state index is 12.7. The summed E-state index contributed by atoms with van der Waals surface area (Å²) in [7, 11) is 1.48. The zero-order valence-electron chi connectivity index (χ0n) is 21.3. The Morgan fingerprint density at radius 1 is 1.08 bits per heavy atom. The van der Waals surface area contributed by atoms with Crippen molar-refractivity contribution in [2.45, 2.75) is 18.9 Å². The van der Waals surface area contributed by atoms with E-state index in [0.717, 1.165) is 49.5 Å². The first-order chi connectivity index (χ1) is 18.4. The van der Waals surface area contributed by atoms with Gasteiger partial charge in [-0.1, -0.05) is 36.1 Å². The monoisotopic (exact) mass is 518 g/mol. The molecule has 4 rings (SSSR count). The molecule has 1 fully saturated rings. The van der Waals surface area contributed by atoms with Gasteiger partial charge in [-0.05, 0) is 41.8 Å². The largest absolute Gasteiger partial charge is 0.502 e. The number of halogens is 1. The average Bonchev–Trinajstić information content (AvgIpc) is 2.95. The van der Waals surface area contributed by atoms with E-state index < -0.39 is 29.8 Å². The van der Waals surface area contributed by atoms with Gasteiger partial charge in [-0.3, -0.25) is 19.1 Å². The predicted molar refractivity (Wildman–Crippen MR) is 142 cm³/mol. The highest BCUT2D eigenvalue weighted by atomic mass is 19.1. The van der Waals surface area contributed by atoms with E-state index in [9.17, 15) is 19.1 Å². The van der Waals surface area contributed by atoms with Gasteiger partial charge in [-0.15, -0.1) is 0 Å². The lowest BCUT2D eigenvalue weighted by molar-refractivity contribution is -0.122. The topological polar surface area (TPSA) is 96.7 Å². The van der Waals surface area contributed by atoms with E-state index in [1.54, 1.807) is 0 Å². The van der Waals surface area contributed by atoms with Crippen LogP contribution in [0.15, 0.2) is 59.7 Å². The molecule has 1 saturated heterocycles. The van der Waals surface area contributed by atoms with Crippen LogP contribution in [0, 0.1) is 11.8 Å². The molecule has 9 heteroatoms. The van der Waals surface area contributed by atoms with Crippen LogP contribution < -0.4 is 10.9 Å². The van der Waals surface area contributed by atoms with Gasteiger partial charge >= 0.3 is 0 Å². The molecule has 3 aromatic rings. The molecular formula is C29H31FN4O4. The molecule has 1 amide bonds. The minimum atomic E-state index is -1.15. The van der Waals surface area contributed by atoms with Gasteiger partial charge in [0.15, 0.2) is 6.67 Å². The predicted octanol–water partition coefficient (Wildman–Crippen LogP) is 2.13. The van der Waals surface area contributed by atoms with Crippen LogP contribution in [0.3, 0.4) is 0 Å². The molecule has 38 heavy (non-hydrogen) atoms. The average molecular weight is 519 g/mol. The number of nitrogens with zero attached hydrogens (tertiary/aromatic N) is 3. The number of hydrogen-bond donors (Lipinski definition) is 2. The fourth-order valence-corrected chi connectivity index (χ4v) is 4.25. The van der Waals surface area contributed by atoms with Gasteiger partial charge in [0.05, 0.1) is 25.2 Å². The number of amides is 1. The SMILES string of the molecule is Cn1cnc(C(CNC(=O)CF)Cc2ccc(C#Cc3ccc(CN4CCOCC4)cc3)cc2)c(O)c1=O. The van der Waals surface area contributed by atoms with Gasteiger partial charge in [-0.25, -0.2) is 9.37 Å². The Balaban J connectivity index is 1.42. The van der Waals surface area contributed by atoms with E-state index in [1.165, 1.54) is 23.5 Å². The van der Waals surface area contributed by atoms with E-state index in [0.29, 0.717) is 6.42 Å². The van der Waals surface area contributed by atoms with Gasteiger partial charge in [0.1, 0.15) is 0 Å². The van der Waals surface area contributed by atoms with Crippen molar-refractivity contribution in [3.63, 3.8) is 0 Å². The number of hydrogen-bond acceptors (Lipinski definition) is 6. The smallest absolute Gasteiger partial charge is 0.295 e. The molecule has 0 radical (unpaired) electrons. The Morgan fingerprint density at radius 2 is 1.68 bits per heavy atom. The molecule has 1 aromatic heterocycles. The molecule has 1 aliphatic heterocycles. The van der Waals surface area contributed by atoms with Gasteiger partial charge in [0.2, 0.25) is 5.75 Å². The lowest BCUT2D eigenvalue weighted by atomic mass is 9.94. The molecule has 2 aromatic carbocycles. The first-order valence-electron chi connectivity index (χ1n) is 12.5. The lowest BCUT2D eigenvalue weighted by Crippen LogP contribution is -2.35. The van der Waals surface area contributed by atoms with E-state index in [1.807, 2.05) is 36.4 Å². The summed E-state index contributed by atoms with van der Waals surface area (Å²) in [5.74, 6) is 4.60. The third-order valence-corrected chi connectivity index (χ3v) is 6.44. The summed E-state index contributed by atoms with van der Waals surface area (Å²) in [5, 5.41) is 12.8. The van der Waals surface area contributed by atoms with Crippen LogP contribution >= 0.6 is 0 Å². The number of ether oxygens (including phenoxy) is 1. The fraction of sp³-hybridized carbons (Fsp3) is 0.345. The van der Waals surface area contributed by atoms with Gasteiger partial charge in [0.25, 0.3) is 11.5 Å². The van der Waals surface area contributed by atoms with Crippen molar-refractivity contribution < 1.29 is 19.0 Å². The molecule has 0 saturated carbocycles. The molecular weight excluding hydrogens is 487 g/mol. The normalized spacial score (nSPS) is 14.4. The molecule has 1 unspecified atom stereocenters. The van der Waals surface area contributed by atoms with Crippen molar-refractivity contribution in [2.24, 2.45) is 7.05 Å². The standard InChI is InChI=1S/C29H31FN4O4/c1-33-20-32-27(28(36)29(33)37)25(18-31-26(35)17-30)16-23-8-4-21(5-9-23)2-3-22-6-10-24(11-7-22)19-34-12-14-38-15-13-34/h4-11,20,25,36H,12-19H2,1H3,(H,31,35). The zero-order valence-corrected chi connectivity index (χ0v) is 21.3. The van der Waals surface area contributed by atoms with Crippen LogP contribution in [0.4, 0.5) is 4.39 Å². The quantitative estimate of drug-likeness (QED) is 0.444. The summed E-state index contributed by atoms with van der Waals surface area (Å²) < 4.78 is 19.2. The Kier molecular flexibility index (Phi) is 9.25. The zero-order chi connectivity index (χ0) is 26.9. The third-order valence-electron chi connectivity index (χ3n) is 6.44. The summed E-state index contributed by atoms with van der Waals surface area (Å²) in [6.45, 7) is 3.25. The molecule has 8 nitrogen and oxygen atoms in total. The van der Waals surface area contributed by atoms with Crippen molar-refractivity contribution in [2.75, 3.05) is 39.5 Å². The maximum absolute atomic E-state index is 12.7. The fourth-order valence-electron chi connectivity index (χ4n) is 4.25. The molecule has 1 atom stereocenters. The second-order valence-corrected chi connectivity index (χ2v) is 9.27. The second kappa shape index (κ2) is 13.0. The minimum absolute atomic E-state index is 0.0274. The van der Waals surface area contributed by atoms with E-state index in [2.05, 4.69) is 39.2 Å². The first-order valence-corrected chi connectivity index (χ1v) is 12.5. The van der Waals surface area contributed by atoms with Crippen LogP contribution in [0.1, 0.15) is 33.9 Å². The summed E-state index contributed by atoms with van der Waals surface area (Å²) in [6, 6.07) is 15.8.